The Labute approximate surface area is 110 Å². The molecule has 2 aromatic heterocycles. The molecule has 0 bridgehead atoms. The highest BCUT2D eigenvalue weighted by Crippen LogP contribution is 2.25. The number of aromatic nitrogens is 2. The smallest absolute Gasteiger partial charge is 0.145 e. The Morgan fingerprint density at radius 3 is 2.61 bits per heavy atom. The van der Waals surface area contributed by atoms with Crippen LogP contribution >= 0.6 is 12.6 Å². The molecule has 0 aliphatic heterocycles. The number of imidazole rings is 1. The fourth-order valence-electron chi connectivity index (χ4n) is 1.97. The maximum atomic E-state index is 5.16. The molecule has 90 valence electrons. The van der Waals surface area contributed by atoms with Gasteiger partial charge in [0, 0.05) is 11.8 Å². The Hall–Kier alpha value is -1.94. The molecule has 0 unspecified atom stereocenters. The van der Waals surface area contributed by atoms with Crippen molar-refractivity contribution >= 4 is 18.1 Å². The van der Waals surface area contributed by atoms with Crippen LogP contribution in [0.5, 0.6) is 5.75 Å². The van der Waals surface area contributed by atoms with Gasteiger partial charge in [-0.05, 0) is 36.4 Å². The summed E-state index contributed by atoms with van der Waals surface area (Å²) in [6, 6.07) is 13.8. The molecule has 0 atom stereocenters. The molecule has 0 spiro atoms. The first kappa shape index (κ1) is 11.2. The maximum Gasteiger partial charge on any atom is 0.145 e. The first-order valence-corrected chi connectivity index (χ1v) is 6.05. The van der Waals surface area contributed by atoms with E-state index in [-0.39, 0.29) is 0 Å². The fourth-order valence-corrected chi connectivity index (χ4v) is 2.24. The molecule has 0 radical (unpaired) electrons. The van der Waals surface area contributed by atoms with Gasteiger partial charge in [-0.1, -0.05) is 6.07 Å². The van der Waals surface area contributed by atoms with E-state index < -0.39 is 0 Å². The highest BCUT2D eigenvalue weighted by atomic mass is 32.1. The lowest BCUT2D eigenvalue weighted by Crippen LogP contribution is -1.89. The van der Waals surface area contributed by atoms with E-state index in [9.17, 15) is 0 Å². The van der Waals surface area contributed by atoms with Crippen LogP contribution in [-0.4, -0.2) is 16.5 Å². The van der Waals surface area contributed by atoms with Crippen LogP contribution < -0.4 is 4.74 Å². The number of fused-ring (bicyclic) bond motifs is 1. The van der Waals surface area contributed by atoms with Gasteiger partial charge in [0.2, 0.25) is 0 Å². The second-order valence-electron chi connectivity index (χ2n) is 3.94. The van der Waals surface area contributed by atoms with Crippen LogP contribution in [0.4, 0.5) is 0 Å². The number of ether oxygens (including phenoxy) is 1. The van der Waals surface area contributed by atoms with E-state index in [1.165, 1.54) is 0 Å². The number of benzene rings is 1. The zero-order chi connectivity index (χ0) is 12.5. The molecule has 0 saturated carbocycles. The molecule has 18 heavy (non-hydrogen) atoms. The van der Waals surface area contributed by atoms with Gasteiger partial charge in [0.05, 0.1) is 12.6 Å². The second kappa shape index (κ2) is 4.38. The molecule has 3 aromatic rings. The third kappa shape index (κ3) is 1.75. The van der Waals surface area contributed by atoms with Crippen molar-refractivity contribution in [3.8, 4) is 17.1 Å². The quantitative estimate of drug-likeness (QED) is 0.712. The average molecular weight is 256 g/mol. The van der Waals surface area contributed by atoms with Crippen LogP contribution in [-0.2, 0) is 0 Å². The van der Waals surface area contributed by atoms with Crippen molar-refractivity contribution in [2.45, 2.75) is 5.03 Å². The minimum Gasteiger partial charge on any atom is -0.497 e. The van der Waals surface area contributed by atoms with Gasteiger partial charge < -0.3 is 4.74 Å². The molecule has 4 heteroatoms. The normalized spacial score (nSPS) is 10.8. The zero-order valence-corrected chi connectivity index (χ0v) is 10.8. The minimum absolute atomic E-state index is 0.737. The first-order chi connectivity index (χ1) is 8.79. The van der Waals surface area contributed by atoms with Crippen molar-refractivity contribution in [2.75, 3.05) is 7.11 Å². The largest absolute Gasteiger partial charge is 0.497 e. The van der Waals surface area contributed by atoms with Gasteiger partial charge in [-0.3, -0.25) is 4.40 Å². The third-order valence-corrected chi connectivity index (χ3v) is 3.21. The van der Waals surface area contributed by atoms with Gasteiger partial charge >= 0.3 is 0 Å². The summed E-state index contributed by atoms with van der Waals surface area (Å²) in [5, 5.41) is 0.737. The summed E-state index contributed by atoms with van der Waals surface area (Å²) < 4.78 is 7.19. The third-order valence-electron chi connectivity index (χ3n) is 2.88. The van der Waals surface area contributed by atoms with Crippen molar-refractivity contribution in [1.29, 1.82) is 0 Å². The standard InChI is InChI=1S/C14H12N2OS/c1-17-11-7-5-10(6-8-11)13-15-14(18)12-4-2-3-9-16(12)13/h2-9,18H,1H3. The van der Waals surface area contributed by atoms with Gasteiger partial charge in [-0.2, -0.15) is 0 Å². The van der Waals surface area contributed by atoms with Gasteiger partial charge in [0.25, 0.3) is 0 Å². The Kier molecular flexibility index (Phi) is 2.72. The number of hydrogen-bond acceptors (Lipinski definition) is 3. The van der Waals surface area contributed by atoms with E-state index in [0.29, 0.717) is 0 Å². The average Bonchev–Trinajstić information content (AvgIpc) is 2.77. The Bertz CT molecular complexity index is 689. The van der Waals surface area contributed by atoms with Crippen LogP contribution in [0.15, 0.2) is 53.7 Å². The fraction of sp³-hybridized carbons (Fsp3) is 0.0714. The lowest BCUT2D eigenvalue weighted by atomic mass is 10.2. The summed E-state index contributed by atoms with van der Waals surface area (Å²) >= 11 is 4.40. The highest BCUT2D eigenvalue weighted by molar-refractivity contribution is 7.80. The Morgan fingerprint density at radius 2 is 1.89 bits per heavy atom. The number of thiol groups is 1. The van der Waals surface area contributed by atoms with E-state index >= 15 is 0 Å². The van der Waals surface area contributed by atoms with Gasteiger partial charge in [-0.15, -0.1) is 12.6 Å². The molecular formula is C14H12N2OS. The van der Waals surface area contributed by atoms with Crippen molar-refractivity contribution in [1.82, 2.24) is 9.38 Å². The van der Waals surface area contributed by atoms with E-state index in [2.05, 4.69) is 17.6 Å². The molecule has 0 saturated heterocycles. The lowest BCUT2D eigenvalue weighted by Gasteiger charge is -2.03. The summed E-state index contributed by atoms with van der Waals surface area (Å²) in [7, 11) is 1.66. The molecule has 0 amide bonds. The van der Waals surface area contributed by atoms with Crippen LogP contribution in [0, 0.1) is 0 Å². The predicted molar refractivity (Wildman–Crippen MR) is 74.4 cm³/mol. The minimum atomic E-state index is 0.737. The summed E-state index contributed by atoms with van der Waals surface area (Å²) in [5.41, 5.74) is 2.05. The maximum absolute atomic E-state index is 5.16. The topological polar surface area (TPSA) is 26.5 Å². The van der Waals surface area contributed by atoms with E-state index in [1.54, 1.807) is 7.11 Å². The molecule has 3 rings (SSSR count). The van der Waals surface area contributed by atoms with E-state index in [1.807, 2.05) is 53.1 Å². The summed E-state index contributed by atoms with van der Waals surface area (Å²) in [6.45, 7) is 0. The Balaban J connectivity index is 2.18. The molecule has 0 fully saturated rings. The number of methoxy groups -OCH3 is 1. The monoisotopic (exact) mass is 256 g/mol. The van der Waals surface area contributed by atoms with Gasteiger partial charge in [0.15, 0.2) is 0 Å². The van der Waals surface area contributed by atoms with Crippen LogP contribution in [0.3, 0.4) is 0 Å². The predicted octanol–water partition coefficient (Wildman–Crippen LogP) is 3.30. The van der Waals surface area contributed by atoms with Crippen molar-refractivity contribution in [3.63, 3.8) is 0 Å². The summed E-state index contributed by atoms with van der Waals surface area (Å²) in [6.07, 6.45) is 1.99. The summed E-state index contributed by atoms with van der Waals surface area (Å²) in [5.74, 6) is 1.73. The van der Waals surface area contributed by atoms with E-state index in [0.717, 1.165) is 27.7 Å². The van der Waals surface area contributed by atoms with Gasteiger partial charge in [0.1, 0.15) is 16.6 Å². The molecular weight excluding hydrogens is 244 g/mol. The zero-order valence-electron chi connectivity index (χ0n) is 9.87. The molecule has 2 heterocycles. The molecule has 1 aromatic carbocycles. The molecule has 3 nitrogen and oxygen atoms in total. The lowest BCUT2D eigenvalue weighted by molar-refractivity contribution is 0.415. The van der Waals surface area contributed by atoms with Gasteiger partial charge in [-0.25, -0.2) is 4.98 Å². The molecule has 0 aliphatic rings. The summed E-state index contributed by atoms with van der Waals surface area (Å²) in [4.78, 5) is 4.50. The number of rotatable bonds is 2. The molecule has 0 N–H and O–H groups in total. The highest BCUT2D eigenvalue weighted by Gasteiger charge is 2.09. The number of nitrogens with zero attached hydrogens (tertiary/aromatic N) is 2. The van der Waals surface area contributed by atoms with Crippen LogP contribution in [0.25, 0.3) is 16.9 Å². The first-order valence-electron chi connectivity index (χ1n) is 5.60. The van der Waals surface area contributed by atoms with Crippen LogP contribution in [0.1, 0.15) is 0 Å². The molecule has 0 aliphatic carbocycles. The van der Waals surface area contributed by atoms with Crippen molar-refractivity contribution < 1.29 is 4.74 Å². The van der Waals surface area contributed by atoms with Crippen molar-refractivity contribution in [2.24, 2.45) is 0 Å². The van der Waals surface area contributed by atoms with E-state index in [4.69, 9.17) is 4.74 Å². The van der Waals surface area contributed by atoms with Crippen molar-refractivity contribution in [3.05, 3.63) is 48.7 Å². The second-order valence-corrected chi connectivity index (χ2v) is 4.37. The Morgan fingerprint density at radius 1 is 1.11 bits per heavy atom. The number of hydrogen-bond donors (Lipinski definition) is 1. The van der Waals surface area contributed by atoms with Crippen LogP contribution in [0.2, 0.25) is 0 Å². The SMILES string of the molecule is COc1ccc(-c2nc(S)c3ccccn23)cc1. The number of pyridine rings is 1.